The van der Waals surface area contributed by atoms with Crippen LogP contribution in [0.1, 0.15) is 50.1 Å². The van der Waals surface area contributed by atoms with E-state index < -0.39 is 72.1 Å². The van der Waals surface area contributed by atoms with Crippen LogP contribution in [0.4, 0.5) is 36.8 Å². The first kappa shape index (κ1) is 38.3. The second-order valence-electron chi connectivity index (χ2n) is 13.6. The first-order valence-corrected chi connectivity index (χ1v) is 17.0. The molecule has 54 heavy (non-hydrogen) atoms. The molecule has 2 aromatic carbocycles. The van der Waals surface area contributed by atoms with Crippen molar-refractivity contribution in [1.82, 2.24) is 20.1 Å². The normalized spacial score (nSPS) is 21.4. The van der Waals surface area contributed by atoms with Gasteiger partial charge in [-0.05, 0) is 63.1 Å². The highest BCUT2D eigenvalue weighted by Crippen LogP contribution is 2.54. The number of imide groups is 1. The number of anilines is 1. The van der Waals surface area contributed by atoms with Gasteiger partial charge in [-0.3, -0.25) is 19.5 Å². The lowest BCUT2D eigenvalue weighted by Gasteiger charge is -2.46. The van der Waals surface area contributed by atoms with Crippen LogP contribution >= 0.6 is 0 Å². The van der Waals surface area contributed by atoms with Crippen molar-refractivity contribution < 1.29 is 49.9 Å². The Morgan fingerprint density at radius 2 is 1.70 bits per heavy atom. The fourth-order valence-corrected chi connectivity index (χ4v) is 7.04. The number of ether oxygens (including phenoxy) is 1. The number of urea groups is 1. The number of fused-ring (bicyclic) bond motifs is 1. The molecule has 0 spiro atoms. The van der Waals surface area contributed by atoms with Crippen LogP contribution in [-0.4, -0.2) is 76.7 Å². The maximum absolute atomic E-state index is 14.7. The molecule has 16 heteroatoms. The molecule has 2 aromatic heterocycles. The van der Waals surface area contributed by atoms with Gasteiger partial charge >= 0.3 is 18.4 Å². The van der Waals surface area contributed by atoms with Crippen LogP contribution in [-0.2, 0) is 32.1 Å². The molecule has 10 nitrogen and oxygen atoms in total. The molecule has 2 fully saturated rings. The number of piperazine rings is 1. The molecule has 4 heterocycles. The predicted octanol–water partition coefficient (Wildman–Crippen LogP) is 7.29. The Kier molecular flexibility index (Phi) is 10.0. The van der Waals surface area contributed by atoms with Crippen molar-refractivity contribution in [3.8, 4) is 0 Å². The van der Waals surface area contributed by atoms with E-state index >= 15 is 0 Å². The monoisotopic (exact) mass is 757 g/mol. The third kappa shape index (κ3) is 6.67. The highest BCUT2D eigenvalue weighted by molar-refractivity contribution is 6.09. The van der Waals surface area contributed by atoms with Crippen molar-refractivity contribution in [3.63, 3.8) is 0 Å². The molecule has 0 aliphatic carbocycles. The second-order valence-corrected chi connectivity index (χ2v) is 13.6. The summed E-state index contributed by atoms with van der Waals surface area (Å²) >= 11 is 0. The molecule has 2 aliphatic rings. The van der Waals surface area contributed by atoms with Crippen LogP contribution in [0.5, 0.6) is 0 Å². The molecule has 1 N–H and O–H groups in total. The molecule has 2 aliphatic heterocycles. The Hall–Kier alpha value is -5.38. The number of nitrogens with one attached hydrogen (secondary N) is 1. The number of hydrogen-bond donors (Lipinski definition) is 1. The van der Waals surface area contributed by atoms with E-state index in [-0.39, 0.29) is 29.9 Å². The van der Waals surface area contributed by atoms with Gasteiger partial charge in [0.05, 0.1) is 24.8 Å². The summed E-state index contributed by atoms with van der Waals surface area (Å²) in [6, 6.07) is 11.6. The van der Waals surface area contributed by atoms with Gasteiger partial charge in [0.25, 0.3) is 11.5 Å². The molecule has 286 valence electrons. The number of carbonyl (C=O) groups is 3. The summed E-state index contributed by atoms with van der Waals surface area (Å²) in [5.74, 6) is -1.20. The van der Waals surface area contributed by atoms with Crippen LogP contribution in [0.15, 0.2) is 83.6 Å². The van der Waals surface area contributed by atoms with Crippen molar-refractivity contribution >= 4 is 40.6 Å². The molecular formula is C38H37F6N5O5. The fraction of sp³-hybridized carbons (Fsp3) is 0.368. The van der Waals surface area contributed by atoms with Gasteiger partial charge in [0.1, 0.15) is 6.54 Å². The number of carbonyl (C=O) groups excluding carboxylic acids is 3. The molecule has 0 saturated carbocycles. The number of allylic oxidation sites excluding steroid dienone is 1. The number of rotatable bonds is 9. The topological polar surface area (TPSA) is 108 Å². The number of benzene rings is 2. The molecule has 6 rings (SSSR count). The number of furan rings is 1. The van der Waals surface area contributed by atoms with Gasteiger partial charge in [0, 0.05) is 41.8 Å². The zero-order valence-electron chi connectivity index (χ0n) is 29.7. The zero-order valence-corrected chi connectivity index (χ0v) is 29.7. The lowest BCUT2D eigenvalue weighted by molar-refractivity contribution is -0.392. The van der Waals surface area contributed by atoms with Crippen molar-refractivity contribution in [2.45, 2.75) is 69.9 Å². The number of alkyl halides is 6. The molecule has 2 saturated heterocycles. The van der Waals surface area contributed by atoms with E-state index in [1.165, 1.54) is 66.8 Å². The molecule has 0 radical (unpaired) electrons. The molecule has 4 aromatic rings. The number of nitrogens with zero attached hydrogens (tertiary/aromatic N) is 4. The van der Waals surface area contributed by atoms with Crippen molar-refractivity contribution in [2.75, 3.05) is 24.5 Å². The highest BCUT2D eigenvalue weighted by atomic mass is 19.4. The number of amides is 4. The lowest BCUT2D eigenvalue weighted by atomic mass is 9.89. The SMILES string of the molecule is C/C=C\c1cc(C(OCc2ccccc2)(C(F)(F)F)C(F)(F)F)ccc1N1CC(C)N(C(=O)CN2C(=O)N[C@](C)(c3cc4ccoc4cn3)C2=O)CC1C. The van der Waals surface area contributed by atoms with Crippen LogP contribution in [0.25, 0.3) is 17.0 Å². The third-order valence-corrected chi connectivity index (χ3v) is 9.91. The quantitative estimate of drug-likeness (QED) is 0.141. The van der Waals surface area contributed by atoms with Crippen LogP contribution in [0.2, 0.25) is 0 Å². The number of aromatic nitrogens is 1. The van der Waals surface area contributed by atoms with Crippen LogP contribution < -0.4 is 10.2 Å². The fourth-order valence-electron chi connectivity index (χ4n) is 7.04. The van der Waals surface area contributed by atoms with Crippen molar-refractivity contribution in [1.29, 1.82) is 0 Å². The number of halogens is 6. The zero-order chi connectivity index (χ0) is 39.2. The summed E-state index contributed by atoms with van der Waals surface area (Å²) < 4.78 is 98.1. The summed E-state index contributed by atoms with van der Waals surface area (Å²) in [5.41, 5.74) is -6.01. The van der Waals surface area contributed by atoms with E-state index in [1.807, 2.05) is 0 Å². The maximum Gasteiger partial charge on any atom is 0.430 e. The van der Waals surface area contributed by atoms with Gasteiger partial charge in [0.2, 0.25) is 5.91 Å². The van der Waals surface area contributed by atoms with E-state index in [1.54, 1.807) is 43.9 Å². The summed E-state index contributed by atoms with van der Waals surface area (Å²) in [6.07, 6.45) is -5.94. The van der Waals surface area contributed by atoms with Crippen molar-refractivity contribution in [2.24, 2.45) is 0 Å². The standard InChI is InChI=1S/C38H37F6N5O5/c1-5-9-26-16-28(36(37(39,40)41,38(42,43)44)54-22-25-10-7-6-8-11-25)12-13-29(26)47-19-24(3)48(20-23(47)2)32(50)21-49-33(51)35(4,46-34(49)52)31-17-27-14-15-53-30(27)18-45-31/h5-18,23-24H,19-22H2,1-4H3,(H,46,52)/b9-5-/t23?,24?,35-/m1/s1. The minimum atomic E-state index is -5.88. The van der Waals surface area contributed by atoms with Crippen LogP contribution in [0, 0.1) is 0 Å². The largest absolute Gasteiger partial charge is 0.463 e. The van der Waals surface area contributed by atoms with E-state index in [4.69, 9.17) is 9.15 Å². The minimum absolute atomic E-state index is 0.0753. The molecular weight excluding hydrogens is 720 g/mol. The Bertz CT molecular complexity index is 2070. The Balaban J connectivity index is 1.23. The first-order valence-electron chi connectivity index (χ1n) is 17.0. The molecule has 4 amide bonds. The predicted molar refractivity (Wildman–Crippen MR) is 186 cm³/mol. The van der Waals surface area contributed by atoms with Crippen molar-refractivity contribution in [3.05, 3.63) is 102 Å². The van der Waals surface area contributed by atoms with E-state index in [0.717, 1.165) is 17.0 Å². The second kappa shape index (κ2) is 14.1. The number of pyridine rings is 1. The van der Waals surface area contributed by atoms with Gasteiger partial charge in [0.15, 0.2) is 11.1 Å². The molecule has 0 bridgehead atoms. The van der Waals surface area contributed by atoms with Gasteiger partial charge in [-0.25, -0.2) is 4.79 Å². The smallest absolute Gasteiger partial charge is 0.430 e. The van der Waals surface area contributed by atoms with Gasteiger partial charge in [-0.2, -0.15) is 26.3 Å². The van der Waals surface area contributed by atoms with E-state index in [9.17, 15) is 40.7 Å². The number of hydrogen-bond acceptors (Lipinski definition) is 7. The van der Waals surface area contributed by atoms with E-state index in [0.29, 0.717) is 16.7 Å². The average Bonchev–Trinajstić information content (AvgIpc) is 3.67. The van der Waals surface area contributed by atoms with Gasteiger partial charge in [-0.1, -0.05) is 48.6 Å². The first-order chi connectivity index (χ1) is 25.4. The average molecular weight is 758 g/mol. The van der Waals surface area contributed by atoms with Crippen LogP contribution in [0.3, 0.4) is 0 Å². The Labute approximate surface area is 306 Å². The lowest BCUT2D eigenvalue weighted by Crippen LogP contribution is -2.60. The summed E-state index contributed by atoms with van der Waals surface area (Å²) in [4.78, 5) is 48.7. The molecule has 3 atom stereocenters. The highest BCUT2D eigenvalue weighted by Gasteiger charge is 2.73. The summed E-state index contributed by atoms with van der Waals surface area (Å²) in [7, 11) is 0. The third-order valence-electron chi connectivity index (χ3n) is 9.91. The molecule has 2 unspecified atom stereocenters. The Morgan fingerprint density at radius 3 is 2.37 bits per heavy atom. The Morgan fingerprint density at radius 1 is 1.00 bits per heavy atom. The summed E-state index contributed by atoms with van der Waals surface area (Å²) in [6.45, 7) is 5.24. The van der Waals surface area contributed by atoms with Gasteiger partial charge in [-0.15, -0.1) is 0 Å². The summed E-state index contributed by atoms with van der Waals surface area (Å²) in [5, 5.41) is 3.31. The van der Waals surface area contributed by atoms with E-state index in [2.05, 4.69) is 10.3 Å². The minimum Gasteiger partial charge on any atom is -0.463 e. The van der Waals surface area contributed by atoms with Gasteiger partial charge < -0.3 is 24.3 Å². The maximum atomic E-state index is 14.7.